The van der Waals surface area contributed by atoms with Gasteiger partial charge in [-0.15, -0.1) is 0 Å². The first-order valence-corrected chi connectivity index (χ1v) is 5.97. The summed E-state index contributed by atoms with van der Waals surface area (Å²) in [5.74, 6) is 0.484. The minimum atomic E-state index is -0.562. The van der Waals surface area contributed by atoms with Crippen LogP contribution in [0.5, 0.6) is 0 Å². The molecule has 3 unspecified atom stereocenters. The van der Waals surface area contributed by atoms with Crippen molar-refractivity contribution < 1.29 is 9.53 Å². The van der Waals surface area contributed by atoms with Gasteiger partial charge in [0.1, 0.15) is 6.07 Å². The Morgan fingerprint density at radius 1 is 1.44 bits per heavy atom. The fourth-order valence-corrected chi connectivity index (χ4v) is 2.14. The van der Waals surface area contributed by atoms with Crippen molar-refractivity contribution in [3.63, 3.8) is 0 Å². The fourth-order valence-electron chi connectivity index (χ4n) is 2.14. The second kappa shape index (κ2) is 4.69. The van der Waals surface area contributed by atoms with E-state index in [0.29, 0.717) is 5.92 Å². The molecule has 0 N–H and O–H groups in total. The Morgan fingerprint density at radius 2 is 2.12 bits per heavy atom. The summed E-state index contributed by atoms with van der Waals surface area (Å²) in [6.45, 7) is 2.11. The third-order valence-electron chi connectivity index (χ3n) is 3.48. The lowest BCUT2D eigenvalue weighted by atomic mass is 9.81. The third kappa shape index (κ3) is 2.44. The number of hydrogen-bond donors (Lipinski definition) is 0. The minimum absolute atomic E-state index is 0.0743. The lowest BCUT2D eigenvalue weighted by molar-refractivity contribution is -0.151. The lowest BCUT2D eigenvalue weighted by Crippen LogP contribution is -2.31. The standard InChI is InChI=1S/C13H17NO2/c1-9-4-2-3-5-11(9)12(8-14)16-13(15)10-6-7-10/h2-3,9-12H,4-7H2,1H3. The molecule has 0 saturated heterocycles. The van der Waals surface area contributed by atoms with Crippen LogP contribution < -0.4 is 0 Å². The predicted molar refractivity (Wildman–Crippen MR) is 59.2 cm³/mol. The zero-order chi connectivity index (χ0) is 11.5. The van der Waals surface area contributed by atoms with Gasteiger partial charge in [0.25, 0.3) is 0 Å². The molecule has 3 heteroatoms. The molecule has 0 bridgehead atoms. The van der Waals surface area contributed by atoms with Gasteiger partial charge in [0.2, 0.25) is 0 Å². The average molecular weight is 219 g/mol. The summed E-state index contributed by atoms with van der Waals surface area (Å²) in [5, 5.41) is 9.10. The molecule has 0 spiro atoms. The molecular formula is C13H17NO2. The summed E-state index contributed by atoms with van der Waals surface area (Å²) >= 11 is 0. The van der Waals surface area contributed by atoms with Crippen LogP contribution in [-0.4, -0.2) is 12.1 Å². The zero-order valence-electron chi connectivity index (χ0n) is 9.56. The van der Waals surface area contributed by atoms with Crippen LogP contribution in [0, 0.1) is 29.1 Å². The molecule has 0 aliphatic heterocycles. The molecule has 86 valence electrons. The fraction of sp³-hybridized carbons (Fsp3) is 0.692. The third-order valence-corrected chi connectivity index (χ3v) is 3.48. The summed E-state index contributed by atoms with van der Waals surface area (Å²) in [6, 6.07) is 2.14. The Morgan fingerprint density at radius 3 is 2.69 bits per heavy atom. The van der Waals surface area contributed by atoms with Crippen molar-refractivity contribution in [2.75, 3.05) is 0 Å². The Balaban J connectivity index is 1.95. The molecule has 2 aliphatic carbocycles. The topological polar surface area (TPSA) is 50.1 Å². The van der Waals surface area contributed by atoms with Crippen molar-refractivity contribution in [2.45, 2.75) is 38.7 Å². The smallest absolute Gasteiger partial charge is 0.310 e. The van der Waals surface area contributed by atoms with E-state index in [2.05, 4.69) is 25.1 Å². The minimum Gasteiger partial charge on any atom is -0.446 e. The first kappa shape index (κ1) is 11.2. The Labute approximate surface area is 96.1 Å². The normalized spacial score (nSPS) is 30.5. The van der Waals surface area contributed by atoms with E-state index in [9.17, 15) is 4.79 Å². The van der Waals surface area contributed by atoms with Crippen molar-refractivity contribution in [3.05, 3.63) is 12.2 Å². The summed E-state index contributed by atoms with van der Waals surface area (Å²) in [6.07, 6.45) is 7.33. The van der Waals surface area contributed by atoms with Crippen LogP contribution >= 0.6 is 0 Å². The molecule has 0 amide bonds. The van der Waals surface area contributed by atoms with Gasteiger partial charge < -0.3 is 4.74 Å². The van der Waals surface area contributed by atoms with Gasteiger partial charge in [0.05, 0.1) is 5.92 Å². The zero-order valence-corrected chi connectivity index (χ0v) is 9.56. The summed E-state index contributed by atoms with van der Waals surface area (Å²) in [5.41, 5.74) is 0. The molecule has 2 aliphatic rings. The maximum atomic E-state index is 11.5. The Bertz CT molecular complexity index is 338. The van der Waals surface area contributed by atoms with Crippen molar-refractivity contribution >= 4 is 5.97 Å². The molecule has 0 radical (unpaired) electrons. The Hall–Kier alpha value is -1.30. The number of carbonyl (C=O) groups excluding carboxylic acids is 1. The maximum Gasteiger partial charge on any atom is 0.310 e. The van der Waals surface area contributed by atoms with Crippen molar-refractivity contribution in [2.24, 2.45) is 17.8 Å². The highest BCUT2D eigenvalue weighted by atomic mass is 16.5. The van der Waals surface area contributed by atoms with E-state index >= 15 is 0 Å². The van der Waals surface area contributed by atoms with E-state index < -0.39 is 6.10 Å². The van der Waals surface area contributed by atoms with E-state index in [1.165, 1.54) is 0 Å². The van der Waals surface area contributed by atoms with Crippen LogP contribution in [0.2, 0.25) is 0 Å². The largest absolute Gasteiger partial charge is 0.446 e. The van der Waals surface area contributed by atoms with Crippen LogP contribution in [0.15, 0.2) is 12.2 Å². The second-order valence-electron chi connectivity index (χ2n) is 4.84. The summed E-state index contributed by atoms with van der Waals surface area (Å²) < 4.78 is 5.30. The van der Waals surface area contributed by atoms with E-state index in [1.807, 2.05) is 0 Å². The van der Waals surface area contributed by atoms with Gasteiger partial charge in [-0.3, -0.25) is 4.79 Å². The number of ether oxygens (including phenoxy) is 1. The van der Waals surface area contributed by atoms with Gasteiger partial charge in [-0.05, 0) is 31.6 Å². The quantitative estimate of drug-likeness (QED) is 0.541. The molecule has 1 saturated carbocycles. The van der Waals surface area contributed by atoms with Crippen LogP contribution in [0.25, 0.3) is 0 Å². The number of rotatable bonds is 3. The number of esters is 1. The average Bonchev–Trinajstić information content (AvgIpc) is 3.10. The molecule has 0 aromatic carbocycles. The molecule has 2 rings (SSSR count). The number of carbonyl (C=O) groups is 1. The number of allylic oxidation sites excluding steroid dienone is 2. The number of hydrogen-bond acceptors (Lipinski definition) is 3. The van der Waals surface area contributed by atoms with Crippen LogP contribution in [-0.2, 0) is 9.53 Å². The first-order chi connectivity index (χ1) is 7.72. The monoisotopic (exact) mass is 219 g/mol. The van der Waals surface area contributed by atoms with Crippen LogP contribution in [0.4, 0.5) is 0 Å². The summed E-state index contributed by atoms with van der Waals surface area (Å²) in [4.78, 5) is 11.5. The van der Waals surface area contributed by atoms with Gasteiger partial charge in [0.15, 0.2) is 6.10 Å². The van der Waals surface area contributed by atoms with Crippen molar-refractivity contribution in [3.8, 4) is 6.07 Å². The van der Waals surface area contributed by atoms with Crippen LogP contribution in [0.1, 0.15) is 32.6 Å². The van der Waals surface area contributed by atoms with Crippen molar-refractivity contribution in [1.29, 1.82) is 5.26 Å². The highest BCUT2D eigenvalue weighted by Crippen LogP contribution is 2.33. The van der Waals surface area contributed by atoms with Gasteiger partial charge in [-0.25, -0.2) is 0 Å². The Kier molecular flexibility index (Phi) is 3.28. The predicted octanol–water partition coefficient (Wildman–Crippen LogP) is 2.43. The van der Waals surface area contributed by atoms with E-state index in [4.69, 9.17) is 10.00 Å². The van der Waals surface area contributed by atoms with Crippen molar-refractivity contribution in [1.82, 2.24) is 0 Å². The van der Waals surface area contributed by atoms with Gasteiger partial charge >= 0.3 is 5.97 Å². The van der Waals surface area contributed by atoms with E-state index in [-0.39, 0.29) is 17.8 Å². The first-order valence-electron chi connectivity index (χ1n) is 5.97. The molecule has 1 fully saturated rings. The lowest BCUT2D eigenvalue weighted by Gasteiger charge is -2.28. The van der Waals surface area contributed by atoms with E-state index in [0.717, 1.165) is 25.7 Å². The molecule has 0 heterocycles. The molecule has 3 nitrogen and oxygen atoms in total. The maximum absolute atomic E-state index is 11.5. The van der Waals surface area contributed by atoms with Gasteiger partial charge in [0, 0.05) is 5.92 Å². The van der Waals surface area contributed by atoms with Crippen LogP contribution in [0.3, 0.4) is 0 Å². The molecule has 0 aromatic heterocycles. The SMILES string of the molecule is CC1CC=CCC1C(C#N)OC(=O)C1CC1. The molecular weight excluding hydrogens is 202 g/mol. The number of nitrogens with zero attached hydrogens (tertiary/aromatic N) is 1. The molecule has 0 aromatic rings. The molecule has 16 heavy (non-hydrogen) atoms. The second-order valence-corrected chi connectivity index (χ2v) is 4.84. The van der Waals surface area contributed by atoms with Gasteiger partial charge in [-0.1, -0.05) is 19.1 Å². The van der Waals surface area contributed by atoms with E-state index in [1.54, 1.807) is 0 Å². The highest BCUT2D eigenvalue weighted by Gasteiger charge is 2.36. The molecule has 3 atom stereocenters. The summed E-state index contributed by atoms with van der Waals surface area (Å²) in [7, 11) is 0. The number of nitriles is 1. The highest BCUT2D eigenvalue weighted by molar-refractivity contribution is 5.75. The van der Waals surface area contributed by atoms with Gasteiger partial charge in [-0.2, -0.15) is 5.26 Å².